The highest BCUT2D eigenvalue weighted by molar-refractivity contribution is 7.26. The van der Waals surface area contributed by atoms with Gasteiger partial charge in [-0.25, -0.2) is 9.97 Å². The van der Waals surface area contributed by atoms with Gasteiger partial charge in [0.2, 0.25) is 0 Å². The second kappa shape index (κ2) is 4.95. The zero-order valence-corrected chi connectivity index (χ0v) is 12.6. The van der Waals surface area contributed by atoms with Gasteiger partial charge >= 0.3 is 0 Å². The van der Waals surface area contributed by atoms with E-state index in [1.54, 1.807) is 22.7 Å². The third kappa shape index (κ3) is 2.02. The van der Waals surface area contributed by atoms with Crippen LogP contribution in [0.15, 0.2) is 54.2 Å². The number of hydrogen-bond acceptors (Lipinski definition) is 5. The van der Waals surface area contributed by atoms with Crippen LogP contribution in [0.5, 0.6) is 0 Å². The van der Waals surface area contributed by atoms with Crippen LogP contribution in [0, 0.1) is 0 Å². The second-order valence-corrected chi connectivity index (χ2v) is 6.54. The van der Waals surface area contributed by atoms with Gasteiger partial charge in [-0.05, 0) is 17.0 Å². The van der Waals surface area contributed by atoms with E-state index in [2.05, 4.69) is 39.6 Å². The van der Waals surface area contributed by atoms with Crippen molar-refractivity contribution in [2.75, 3.05) is 5.73 Å². The zero-order chi connectivity index (χ0) is 14.2. The molecule has 0 spiro atoms. The molecule has 3 heterocycles. The Morgan fingerprint density at radius 3 is 2.57 bits per heavy atom. The first-order valence-corrected chi connectivity index (χ1v) is 8.16. The van der Waals surface area contributed by atoms with E-state index >= 15 is 0 Å². The van der Waals surface area contributed by atoms with Crippen LogP contribution in [-0.2, 0) is 0 Å². The molecular weight excluding hydrogens is 298 g/mol. The number of nitrogens with two attached hydrogens (primary N) is 1. The number of aromatic nitrogens is 2. The number of fused-ring (bicyclic) bond motifs is 1. The molecule has 3 nitrogen and oxygen atoms in total. The third-order valence-corrected chi connectivity index (χ3v) is 5.47. The number of nitrogen functional groups attached to an aromatic ring is 1. The van der Waals surface area contributed by atoms with E-state index in [-0.39, 0.29) is 0 Å². The van der Waals surface area contributed by atoms with E-state index in [0.717, 1.165) is 21.3 Å². The van der Waals surface area contributed by atoms with Crippen LogP contribution in [0.4, 0.5) is 5.82 Å². The summed E-state index contributed by atoms with van der Waals surface area (Å²) in [7, 11) is 0. The molecule has 0 fully saturated rings. The number of hydrogen-bond donors (Lipinski definition) is 1. The van der Waals surface area contributed by atoms with Gasteiger partial charge in [0.15, 0.2) is 0 Å². The minimum Gasteiger partial charge on any atom is -0.383 e. The molecule has 3 aromatic heterocycles. The van der Waals surface area contributed by atoms with Gasteiger partial charge in [0.05, 0.1) is 10.3 Å². The Balaban J connectivity index is 2.13. The van der Waals surface area contributed by atoms with E-state index in [4.69, 9.17) is 5.73 Å². The fourth-order valence-corrected chi connectivity index (χ4v) is 4.45. The number of nitrogens with zero attached hydrogens (tertiary/aromatic N) is 2. The largest absolute Gasteiger partial charge is 0.383 e. The fraction of sp³-hybridized carbons (Fsp3) is 0. The van der Waals surface area contributed by atoms with Crippen molar-refractivity contribution < 1.29 is 0 Å². The van der Waals surface area contributed by atoms with Gasteiger partial charge in [0.25, 0.3) is 0 Å². The Morgan fingerprint density at radius 2 is 1.81 bits per heavy atom. The Morgan fingerprint density at radius 1 is 0.952 bits per heavy atom. The molecule has 0 atom stereocenters. The van der Waals surface area contributed by atoms with Crippen LogP contribution >= 0.6 is 22.7 Å². The SMILES string of the molecule is Nc1ncnc2sc(-c3cccs3)c(-c3ccccc3)c12. The summed E-state index contributed by atoms with van der Waals surface area (Å²) in [6, 6.07) is 14.5. The Kier molecular flexibility index (Phi) is 2.94. The predicted molar refractivity (Wildman–Crippen MR) is 90.6 cm³/mol. The van der Waals surface area contributed by atoms with Crippen molar-refractivity contribution in [2.45, 2.75) is 0 Å². The monoisotopic (exact) mass is 309 g/mol. The lowest BCUT2D eigenvalue weighted by molar-refractivity contribution is 1.24. The van der Waals surface area contributed by atoms with E-state index < -0.39 is 0 Å². The lowest BCUT2D eigenvalue weighted by Gasteiger charge is -2.04. The summed E-state index contributed by atoms with van der Waals surface area (Å²) in [6.45, 7) is 0. The van der Waals surface area contributed by atoms with Crippen molar-refractivity contribution in [3.63, 3.8) is 0 Å². The van der Waals surface area contributed by atoms with E-state index in [9.17, 15) is 0 Å². The summed E-state index contributed by atoms with van der Waals surface area (Å²) in [4.78, 5) is 11.9. The minimum absolute atomic E-state index is 0.540. The average Bonchev–Trinajstić information content (AvgIpc) is 3.16. The molecule has 0 radical (unpaired) electrons. The number of thiophene rings is 2. The smallest absolute Gasteiger partial charge is 0.136 e. The summed E-state index contributed by atoms with van der Waals surface area (Å²) in [5.41, 5.74) is 8.40. The highest BCUT2D eigenvalue weighted by Gasteiger charge is 2.19. The lowest BCUT2D eigenvalue weighted by Crippen LogP contribution is -1.92. The van der Waals surface area contributed by atoms with Crippen LogP contribution < -0.4 is 5.73 Å². The van der Waals surface area contributed by atoms with Gasteiger partial charge in [-0.1, -0.05) is 36.4 Å². The molecule has 0 saturated carbocycles. The van der Waals surface area contributed by atoms with Crippen LogP contribution in [0.2, 0.25) is 0 Å². The van der Waals surface area contributed by atoms with Gasteiger partial charge in [-0.2, -0.15) is 0 Å². The maximum Gasteiger partial charge on any atom is 0.136 e. The molecule has 0 aliphatic carbocycles. The van der Waals surface area contributed by atoms with Gasteiger partial charge < -0.3 is 5.73 Å². The molecule has 0 amide bonds. The van der Waals surface area contributed by atoms with Crippen molar-refractivity contribution in [3.8, 4) is 20.9 Å². The number of benzene rings is 1. The van der Waals surface area contributed by atoms with Crippen LogP contribution in [0.3, 0.4) is 0 Å². The van der Waals surface area contributed by atoms with E-state index in [1.807, 2.05) is 18.2 Å². The molecule has 0 unspecified atom stereocenters. The predicted octanol–water partition coefficient (Wildman–Crippen LogP) is 4.67. The molecule has 5 heteroatoms. The summed E-state index contributed by atoms with van der Waals surface area (Å²) >= 11 is 3.40. The van der Waals surface area contributed by atoms with Crippen molar-refractivity contribution in [1.29, 1.82) is 0 Å². The summed E-state index contributed by atoms with van der Waals surface area (Å²) < 4.78 is 0. The summed E-state index contributed by atoms with van der Waals surface area (Å²) in [6.07, 6.45) is 1.53. The van der Waals surface area contributed by atoms with Gasteiger partial charge in [-0.3, -0.25) is 0 Å². The third-order valence-electron chi connectivity index (χ3n) is 3.33. The highest BCUT2D eigenvalue weighted by Crippen LogP contribution is 2.46. The zero-order valence-electron chi connectivity index (χ0n) is 11.0. The summed E-state index contributed by atoms with van der Waals surface area (Å²) in [5.74, 6) is 0.540. The van der Waals surface area contributed by atoms with Crippen molar-refractivity contribution in [3.05, 3.63) is 54.2 Å². The van der Waals surface area contributed by atoms with E-state index in [1.165, 1.54) is 16.1 Å². The molecule has 0 saturated heterocycles. The average molecular weight is 309 g/mol. The normalized spacial score (nSPS) is 11.0. The molecular formula is C16H11N3S2. The molecule has 4 aromatic rings. The van der Waals surface area contributed by atoms with Gasteiger partial charge in [-0.15, -0.1) is 22.7 Å². The van der Waals surface area contributed by atoms with Gasteiger partial charge in [0.1, 0.15) is 17.0 Å². The van der Waals surface area contributed by atoms with Crippen LogP contribution in [-0.4, -0.2) is 9.97 Å². The van der Waals surface area contributed by atoms with Crippen LogP contribution in [0.25, 0.3) is 31.1 Å². The molecule has 0 aliphatic heterocycles. The molecule has 102 valence electrons. The maximum absolute atomic E-state index is 6.12. The minimum atomic E-state index is 0.540. The van der Waals surface area contributed by atoms with Gasteiger partial charge in [0, 0.05) is 10.4 Å². The number of anilines is 1. The topological polar surface area (TPSA) is 51.8 Å². The second-order valence-electron chi connectivity index (χ2n) is 4.59. The van der Waals surface area contributed by atoms with Crippen LogP contribution in [0.1, 0.15) is 0 Å². The number of rotatable bonds is 2. The molecule has 1 aromatic carbocycles. The highest BCUT2D eigenvalue weighted by atomic mass is 32.1. The Labute approximate surface area is 129 Å². The first kappa shape index (κ1) is 12.5. The Bertz CT molecular complexity index is 896. The van der Waals surface area contributed by atoms with Crippen molar-refractivity contribution in [2.24, 2.45) is 0 Å². The molecule has 21 heavy (non-hydrogen) atoms. The maximum atomic E-state index is 6.12. The van der Waals surface area contributed by atoms with Crippen molar-refractivity contribution >= 4 is 38.7 Å². The Hall–Kier alpha value is -2.24. The van der Waals surface area contributed by atoms with E-state index in [0.29, 0.717) is 5.82 Å². The summed E-state index contributed by atoms with van der Waals surface area (Å²) in [5, 5.41) is 3.04. The van der Waals surface area contributed by atoms with Crippen molar-refractivity contribution in [1.82, 2.24) is 9.97 Å². The standard InChI is InChI=1S/C16H11N3S2/c17-15-13-12(10-5-2-1-3-6-10)14(11-7-4-8-20-11)21-16(13)19-9-18-15/h1-9H,(H2,17,18,19). The molecule has 2 N–H and O–H groups in total. The first-order valence-electron chi connectivity index (χ1n) is 6.47. The molecule has 0 aliphatic rings. The quantitative estimate of drug-likeness (QED) is 0.585. The first-order chi connectivity index (χ1) is 10.3. The molecule has 4 rings (SSSR count). The lowest BCUT2D eigenvalue weighted by atomic mass is 10.0. The fourth-order valence-electron chi connectivity index (χ4n) is 2.42. The molecule has 0 bridgehead atoms.